The van der Waals surface area contributed by atoms with E-state index in [9.17, 15) is 9.59 Å². The van der Waals surface area contributed by atoms with E-state index >= 15 is 0 Å². The van der Waals surface area contributed by atoms with Gasteiger partial charge >= 0.3 is 0 Å². The maximum atomic E-state index is 12.8. The van der Waals surface area contributed by atoms with Crippen molar-refractivity contribution < 1.29 is 19.1 Å². The van der Waals surface area contributed by atoms with Crippen molar-refractivity contribution in [2.24, 2.45) is 0 Å². The molecule has 2 amide bonds. The molecule has 2 aliphatic heterocycles. The first-order valence-electron chi connectivity index (χ1n) is 9.30. The lowest BCUT2D eigenvalue weighted by Crippen LogP contribution is -2.29. The van der Waals surface area contributed by atoms with Crippen molar-refractivity contribution in [2.45, 2.75) is 12.8 Å². The number of fused-ring (bicyclic) bond motifs is 1. The minimum Gasteiger partial charge on any atom is -0.454 e. The molecule has 2 aromatic carbocycles. The summed E-state index contributed by atoms with van der Waals surface area (Å²) in [5, 5.41) is 3.60. The van der Waals surface area contributed by atoms with Gasteiger partial charge in [0.1, 0.15) is 4.32 Å². The standard InChI is InChI=1S/C21H16Cl2N2O4S2/c22-13-4-5-15(14(23)10-13)24-19(26)2-1-7-25-20(27)18(31-21(25)30)9-12-3-6-16-17(8-12)29-11-28-16/h3-6,8-10H,1-2,7,11H2,(H,24,26). The first kappa shape index (κ1) is 22.0. The van der Waals surface area contributed by atoms with E-state index in [1.165, 1.54) is 16.7 Å². The number of rotatable bonds is 6. The maximum absolute atomic E-state index is 12.8. The van der Waals surface area contributed by atoms with E-state index in [0.717, 1.165) is 5.56 Å². The summed E-state index contributed by atoms with van der Waals surface area (Å²) in [6, 6.07) is 10.3. The molecule has 6 nitrogen and oxygen atoms in total. The van der Waals surface area contributed by atoms with E-state index in [1.807, 2.05) is 12.1 Å². The molecule has 1 saturated heterocycles. The third-order valence-corrected chi connectivity index (χ3v) is 6.48. The Balaban J connectivity index is 1.32. The Morgan fingerprint density at radius 1 is 1.19 bits per heavy atom. The van der Waals surface area contributed by atoms with Crippen LogP contribution in [0.2, 0.25) is 10.0 Å². The Bertz CT molecular complexity index is 1110. The fourth-order valence-electron chi connectivity index (χ4n) is 3.05. The molecule has 10 heteroatoms. The number of amides is 2. The fourth-order valence-corrected chi connectivity index (χ4v) is 4.81. The number of halogens is 2. The van der Waals surface area contributed by atoms with Crippen LogP contribution in [-0.2, 0) is 9.59 Å². The second kappa shape index (κ2) is 9.48. The second-order valence-corrected chi connectivity index (χ2v) is 9.24. The third kappa shape index (κ3) is 5.15. The first-order chi connectivity index (χ1) is 14.9. The number of carbonyl (C=O) groups is 2. The van der Waals surface area contributed by atoms with Gasteiger partial charge in [-0.2, -0.15) is 0 Å². The molecule has 160 valence electrons. The van der Waals surface area contributed by atoms with Crippen molar-refractivity contribution in [2.75, 3.05) is 18.7 Å². The Kier molecular flexibility index (Phi) is 6.71. The van der Waals surface area contributed by atoms with Gasteiger partial charge in [-0.05, 0) is 48.4 Å². The van der Waals surface area contributed by atoms with Gasteiger partial charge < -0.3 is 14.8 Å². The number of nitrogens with one attached hydrogen (secondary N) is 1. The average Bonchev–Trinajstić information content (AvgIpc) is 3.29. The summed E-state index contributed by atoms with van der Waals surface area (Å²) in [6.07, 6.45) is 2.45. The van der Waals surface area contributed by atoms with Crippen LogP contribution in [-0.4, -0.2) is 34.4 Å². The topological polar surface area (TPSA) is 67.9 Å². The molecule has 31 heavy (non-hydrogen) atoms. The van der Waals surface area contributed by atoms with E-state index in [2.05, 4.69) is 5.32 Å². The number of carbonyl (C=O) groups excluding carboxylic acids is 2. The van der Waals surface area contributed by atoms with Crippen LogP contribution in [0.15, 0.2) is 41.3 Å². The van der Waals surface area contributed by atoms with Gasteiger partial charge in [-0.25, -0.2) is 0 Å². The van der Waals surface area contributed by atoms with Crippen LogP contribution in [0, 0.1) is 0 Å². The van der Waals surface area contributed by atoms with E-state index in [-0.39, 0.29) is 25.0 Å². The molecule has 2 heterocycles. The Labute approximate surface area is 198 Å². The largest absolute Gasteiger partial charge is 0.454 e. The Morgan fingerprint density at radius 2 is 2.00 bits per heavy atom. The van der Waals surface area contributed by atoms with Gasteiger partial charge in [0, 0.05) is 18.0 Å². The zero-order valence-electron chi connectivity index (χ0n) is 16.0. The van der Waals surface area contributed by atoms with Gasteiger partial charge in [-0.15, -0.1) is 0 Å². The van der Waals surface area contributed by atoms with Gasteiger partial charge in [0.2, 0.25) is 12.7 Å². The lowest BCUT2D eigenvalue weighted by Gasteiger charge is -2.14. The molecule has 0 saturated carbocycles. The Morgan fingerprint density at radius 3 is 2.81 bits per heavy atom. The average molecular weight is 495 g/mol. The molecule has 1 fully saturated rings. The minimum absolute atomic E-state index is 0.172. The number of thioether (sulfide) groups is 1. The van der Waals surface area contributed by atoms with E-state index in [0.29, 0.717) is 49.4 Å². The number of ether oxygens (including phenoxy) is 2. The third-order valence-electron chi connectivity index (χ3n) is 4.56. The number of benzene rings is 2. The molecule has 0 unspecified atom stereocenters. The molecule has 0 aliphatic carbocycles. The summed E-state index contributed by atoms with van der Waals surface area (Å²) in [5.41, 5.74) is 1.32. The highest BCUT2D eigenvalue weighted by Crippen LogP contribution is 2.36. The highest BCUT2D eigenvalue weighted by molar-refractivity contribution is 8.26. The zero-order chi connectivity index (χ0) is 22.0. The molecule has 0 bridgehead atoms. The van der Waals surface area contributed by atoms with E-state index in [4.69, 9.17) is 44.9 Å². The van der Waals surface area contributed by atoms with Crippen molar-refractivity contribution in [1.82, 2.24) is 4.90 Å². The SMILES string of the molecule is O=C(CCCN1C(=O)C(=Cc2ccc3c(c2)OCO3)SC1=S)Nc1ccc(Cl)cc1Cl. The minimum atomic E-state index is -0.203. The maximum Gasteiger partial charge on any atom is 0.266 e. The molecule has 0 spiro atoms. The second-order valence-electron chi connectivity index (χ2n) is 6.72. The van der Waals surface area contributed by atoms with Crippen LogP contribution in [0.25, 0.3) is 6.08 Å². The summed E-state index contributed by atoms with van der Waals surface area (Å²) >= 11 is 18.5. The first-order valence-corrected chi connectivity index (χ1v) is 11.3. The highest BCUT2D eigenvalue weighted by atomic mass is 35.5. The van der Waals surface area contributed by atoms with Crippen LogP contribution in [0.5, 0.6) is 11.5 Å². The van der Waals surface area contributed by atoms with Gasteiger partial charge in [0.25, 0.3) is 5.91 Å². The van der Waals surface area contributed by atoms with Crippen molar-refractivity contribution in [3.8, 4) is 11.5 Å². The van der Waals surface area contributed by atoms with Crippen LogP contribution < -0.4 is 14.8 Å². The van der Waals surface area contributed by atoms with Crippen LogP contribution in [0.4, 0.5) is 5.69 Å². The molecule has 1 N–H and O–H groups in total. The van der Waals surface area contributed by atoms with Gasteiger partial charge in [0.05, 0.1) is 15.6 Å². The summed E-state index contributed by atoms with van der Waals surface area (Å²) in [7, 11) is 0. The zero-order valence-corrected chi connectivity index (χ0v) is 19.2. The van der Waals surface area contributed by atoms with Crippen LogP contribution in [0.1, 0.15) is 18.4 Å². The van der Waals surface area contributed by atoms with Crippen molar-refractivity contribution in [1.29, 1.82) is 0 Å². The monoisotopic (exact) mass is 494 g/mol. The number of anilines is 1. The molecular formula is C21H16Cl2N2O4S2. The van der Waals surface area contributed by atoms with E-state index in [1.54, 1.807) is 30.3 Å². The number of hydrogen-bond donors (Lipinski definition) is 1. The predicted octanol–water partition coefficient (Wildman–Crippen LogP) is 5.34. The van der Waals surface area contributed by atoms with Crippen molar-refractivity contribution in [3.05, 3.63) is 56.9 Å². The number of thiocarbonyl (C=S) groups is 1. The molecule has 4 rings (SSSR count). The van der Waals surface area contributed by atoms with Gasteiger partial charge in [-0.1, -0.05) is 53.2 Å². The van der Waals surface area contributed by atoms with Gasteiger partial charge in [0.15, 0.2) is 11.5 Å². The lowest BCUT2D eigenvalue weighted by molar-refractivity contribution is -0.122. The molecule has 0 aromatic heterocycles. The molecule has 0 atom stereocenters. The van der Waals surface area contributed by atoms with Crippen molar-refractivity contribution in [3.63, 3.8) is 0 Å². The number of hydrogen-bond acceptors (Lipinski definition) is 6. The lowest BCUT2D eigenvalue weighted by atomic mass is 10.2. The Hall–Kier alpha value is -2.26. The molecule has 2 aromatic rings. The molecule has 2 aliphatic rings. The predicted molar refractivity (Wildman–Crippen MR) is 127 cm³/mol. The quantitative estimate of drug-likeness (QED) is 0.431. The summed E-state index contributed by atoms with van der Waals surface area (Å²) in [6.45, 7) is 0.545. The van der Waals surface area contributed by atoms with Crippen LogP contribution in [0.3, 0.4) is 0 Å². The number of nitrogens with zero attached hydrogens (tertiary/aromatic N) is 1. The molecule has 0 radical (unpaired) electrons. The summed E-state index contributed by atoms with van der Waals surface area (Å²) in [4.78, 5) is 27.0. The highest BCUT2D eigenvalue weighted by Gasteiger charge is 2.31. The van der Waals surface area contributed by atoms with Gasteiger partial charge in [-0.3, -0.25) is 14.5 Å². The summed E-state index contributed by atoms with van der Waals surface area (Å²) < 4.78 is 11.1. The van der Waals surface area contributed by atoms with E-state index < -0.39 is 0 Å². The molecular weight excluding hydrogens is 479 g/mol. The smallest absolute Gasteiger partial charge is 0.266 e. The summed E-state index contributed by atoms with van der Waals surface area (Å²) in [5.74, 6) is 0.957. The normalized spacial score (nSPS) is 16.3. The van der Waals surface area contributed by atoms with Crippen LogP contribution >= 0.6 is 47.2 Å². The fraction of sp³-hybridized carbons (Fsp3) is 0.190. The van der Waals surface area contributed by atoms with Crippen molar-refractivity contribution >= 4 is 75.1 Å².